The molecular weight excluding hydrogens is 371 g/mol. The Bertz CT molecular complexity index is 870. The van der Waals surface area contributed by atoms with E-state index in [2.05, 4.69) is 10.0 Å². The Balaban J connectivity index is 1.86. The van der Waals surface area contributed by atoms with Gasteiger partial charge in [0.05, 0.1) is 11.4 Å². The fraction of sp³-hybridized carbons (Fsp3) is 0.316. The zero-order chi connectivity index (χ0) is 19.9. The molecule has 0 bridgehead atoms. The quantitative estimate of drug-likeness (QED) is 0.641. The molecule has 2 N–H and O–H groups in total. The average Bonchev–Trinajstić information content (AvgIpc) is 2.65. The van der Waals surface area contributed by atoms with Crippen LogP contribution in [0.4, 0.5) is 4.39 Å². The van der Waals surface area contributed by atoms with Crippen LogP contribution in [0.1, 0.15) is 30.6 Å². The first-order valence-electron chi connectivity index (χ1n) is 8.61. The van der Waals surface area contributed by atoms with Crippen molar-refractivity contribution in [3.8, 4) is 5.75 Å². The van der Waals surface area contributed by atoms with Gasteiger partial charge in [0, 0.05) is 17.7 Å². The number of halogens is 1. The number of rotatable bonds is 9. The Morgan fingerprint density at radius 2 is 1.89 bits per heavy atom. The first kappa shape index (κ1) is 20.9. The van der Waals surface area contributed by atoms with E-state index in [-0.39, 0.29) is 30.0 Å². The Morgan fingerprint density at radius 1 is 1.19 bits per heavy atom. The van der Waals surface area contributed by atoms with Gasteiger partial charge in [-0.1, -0.05) is 13.0 Å². The summed E-state index contributed by atoms with van der Waals surface area (Å²) in [6.07, 6.45) is 0.678. The fourth-order valence-corrected chi connectivity index (χ4v) is 3.52. The number of hydrogen-bond donors (Lipinski definition) is 2. The van der Waals surface area contributed by atoms with Crippen LogP contribution in [-0.2, 0) is 10.0 Å². The second-order valence-corrected chi connectivity index (χ2v) is 7.73. The van der Waals surface area contributed by atoms with Gasteiger partial charge in [-0.15, -0.1) is 0 Å². The predicted octanol–water partition coefficient (Wildman–Crippen LogP) is 2.71. The van der Waals surface area contributed by atoms with Crippen molar-refractivity contribution in [2.75, 3.05) is 13.2 Å². The number of nitrogens with one attached hydrogen (secondary N) is 2. The van der Waals surface area contributed by atoms with Gasteiger partial charge >= 0.3 is 0 Å². The zero-order valence-electron chi connectivity index (χ0n) is 15.2. The molecular formula is C19H23FN2O4S. The second-order valence-electron chi connectivity index (χ2n) is 6.02. The summed E-state index contributed by atoms with van der Waals surface area (Å²) in [6.45, 7) is 4.08. The van der Waals surface area contributed by atoms with Gasteiger partial charge in [-0.05, 0) is 49.7 Å². The van der Waals surface area contributed by atoms with E-state index in [1.165, 1.54) is 42.5 Å². The fourth-order valence-electron chi connectivity index (χ4n) is 2.19. The van der Waals surface area contributed by atoms with Crippen molar-refractivity contribution in [2.24, 2.45) is 0 Å². The molecule has 0 fully saturated rings. The molecule has 0 aliphatic heterocycles. The van der Waals surface area contributed by atoms with Gasteiger partial charge in [-0.2, -0.15) is 0 Å². The molecule has 1 amide bonds. The van der Waals surface area contributed by atoms with Crippen molar-refractivity contribution in [2.45, 2.75) is 31.2 Å². The number of carbonyl (C=O) groups excluding carboxylic acids is 1. The summed E-state index contributed by atoms with van der Waals surface area (Å²) in [5.41, 5.74) is 0.336. The van der Waals surface area contributed by atoms with E-state index in [0.717, 1.165) is 0 Å². The summed E-state index contributed by atoms with van der Waals surface area (Å²) in [7, 11) is -3.60. The highest BCUT2D eigenvalue weighted by Crippen LogP contribution is 2.13. The highest BCUT2D eigenvalue weighted by atomic mass is 32.2. The summed E-state index contributed by atoms with van der Waals surface area (Å²) in [5, 5.41) is 2.66. The third kappa shape index (κ3) is 6.33. The number of ether oxygens (including phenoxy) is 1. The Hall–Kier alpha value is -2.45. The zero-order valence-corrected chi connectivity index (χ0v) is 16.1. The van der Waals surface area contributed by atoms with Crippen LogP contribution in [0.15, 0.2) is 53.4 Å². The number of carbonyl (C=O) groups is 1. The maximum absolute atomic E-state index is 13.0. The van der Waals surface area contributed by atoms with Crippen LogP contribution in [0.3, 0.4) is 0 Å². The molecule has 2 rings (SSSR count). The van der Waals surface area contributed by atoms with Gasteiger partial charge in [0.15, 0.2) is 0 Å². The molecule has 0 aliphatic rings. The molecule has 0 aromatic heterocycles. The predicted molar refractivity (Wildman–Crippen MR) is 101 cm³/mol. The van der Waals surface area contributed by atoms with Crippen LogP contribution in [-0.4, -0.2) is 33.5 Å². The van der Waals surface area contributed by atoms with Crippen molar-refractivity contribution in [1.29, 1.82) is 0 Å². The number of hydrogen-bond acceptors (Lipinski definition) is 4. The molecule has 6 nitrogen and oxygen atoms in total. The first-order chi connectivity index (χ1) is 12.8. The molecule has 2 aromatic carbocycles. The van der Waals surface area contributed by atoms with Gasteiger partial charge in [0.1, 0.15) is 18.2 Å². The smallest absolute Gasteiger partial charge is 0.251 e. The Kier molecular flexibility index (Phi) is 7.32. The topological polar surface area (TPSA) is 84.5 Å². The lowest BCUT2D eigenvalue weighted by molar-refractivity contribution is 0.0947. The van der Waals surface area contributed by atoms with Gasteiger partial charge in [-0.3, -0.25) is 4.79 Å². The molecule has 0 saturated heterocycles. The lowest BCUT2D eigenvalue weighted by Gasteiger charge is -2.12. The molecule has 1 unspecified atom stereocenters. The standard InChI is InChI=1S/C19H23FN2O4S/c1-3-14(2)22-27(24,25)18-9-7-15(8-10-18)19(23)21-11-12-26-17-6-4-5-16(20)13-17/h4-10,13-14,22H,3,11-12H2,1-2H3,(H,21,23). The molecule has 27 heavy (non-hydrogen) atoms. The maximum Gasteiger partial charge on any atom is 0.251 e. The van der Waals surface area contributed by atoms with Gasteiger partial charge in [0.25, 0.3) is 5.91 Å². The molecule has 0 aliphatic carbocycles. The molecule has 1 atom stereocenters. The van der Waals surface area contributed by atoms with Crippen LogP contribution >= 0.6 is 0 Å². The van der Waals surface area contributed by atoms with Gasteiger partial charge in [0.2, 0.25) is 10.0 Å². The monoisotopic (exact) mass is 394 g/mol. The van der Waals surface area contributed by atoms with Crippen LogP contribution in [0, 0.1) is 5.82 Å². The molecule has 146 valence electrons. The summed E-state index contributed by atoms with van der Waals surface area (Å²) >= 11 is 0. The molecule has 0 spiro atoms. The second kappa shape index (κ2) is 9.48. The van der Waals surface area contributed by atoms with Crippen LogP contribution in [0.25, 0.3) is 0 Å². The lowest BCUT2D eigenvalue weighted by Crippen LogP contribution is -2.32. The summed E-state index contributed by atoms with van der Waals surface area (Å²) < 4.78 is 45.3. The molecule has 8 heteroatoms. The highest BCUT2D eigenvalue weighted by molar-refractivity contribution is 7.89. The minimum atomic E-state index is -3.60. The van der Waals surface area contributed by atoms with Crippen molar-refractivity contribution in [3.63, 3.8) is 0 Å². The summed E-state index contributed by atoms with van der Waals surface area (Å²) in [4.78, 5) is 12.2. The maximum atomic E-state index is 13.0. The van der Waals surface area contributed by atoms with Crippen LogP contribution < -0.4 is 14.8 Å². The van der Waals surface area contributed by atoms with Gasteiger partial charge < -0.3 is 10.1 Å². The van der Waals surface area contributed by atoms with E-state index in [1.54, 1.807) is 13.0 Å². The largest absolute Gasteiger partial charge is 0.492 e. The lowest BCUT2D eigenvalue weighted by atomic mass is 10.2. The number of benzene rings is 2. The van der Waals surface area contributed by atoms with E-state index in [4.69, 9.17) is 4.74 Å². The normalized spacial score (nSPS) is 12.4. The summed E-state index contributed by atoms with van der Waals surface area (Å²) in [5.74, 6) is -0.362. The Morgan fingerprint density at radius 3 is 2.52 bits per heavy atom. The molecule has 0 radical (unpaired) electrons. The highest BCUT2D eigenvalue weighted by Gasteiger charge is 2.17. The van der Waals surface area contributed by atoms with Crippen LogP contribution in [0.5, 0.6) is 5.75 Å². The van der Waals surface area contributed by atoms with Crippen LogP contribution in [0.2, 0.25) is 0 Å². The number of sulfonamides is 1. The first-order valence-corrected chi connectivity index (χ1v) is 10.1. The van der Waals surface area contributed by atoms with E-state index < -0.39 is 15.8 Å². The van der Waals surface area contributed by atoms with Gasteiger partial charge in [-0.25, -0.2) is 17.5 Å². The van der Waals surface area contributed by atoms with E-state index in [0.29, 0.717) is 17.7 Å². The Labute approximate surface area is 158 Å². The van der Waals surface area contributed by atoms with Crippen molar-refractivity contribution >= 4 is 15.9 Å². The van der Waals surface area contributed by atoms with Crippen molar-refractivity contribution in [3.05, 3.63) is 59.9 Å². The van der Waals surface area contributed by atoms with E-state index in [1.807, 2.05) is 6.92 Å². The third-order valence-electron chi connectivity index (χ3n) is 3.85. The molecule has 0 heterocycles. The van der Waals surface area contributed by atoms with Crippen molar-refractivity contribution in [1.82, 2.24) is 10.0 Å². The minimum absolute atomic E-state index is 0.105. The third-order valence-corrected chi connectivity index (χ3v) is 5.45. The number of amides is 1. The SMILES string of the molecule is CCC(C)NS(=O)(=O)c1ccc(C(=O)NCCOc2cccc(F)c2)cc1. The minimum Gasteiger partial charge on any atom is -0.492 e. The van der Waals surface area contributed by atoms with E-state index in [9.17, 15) is 17.6 Å². The van der Waals surface area contributed by atoms with E-state index >= 15 is 0 Å². The molecule has 2 aromatic rings. The summed E-state index contributed by atoms with van der Waals surface area (Å²) in [6, 6.07) is 11.3. The average molecular weight is 394 g/mol. The van der Waals surface area contributed by atoms with Crippen molar-refractivity contribution < 1.29 is 22.3 Å². The molecule has 0 saturated carbocycles.